The molecule has 2 amide bonds. The van der Waals surface area contributed by atoms with Crippen molar-refractivity contribution in [1.82, 2.24) is 4.98 Å². The Morgan fingerprint density at radius 1 is 0.600 bits per heavy atom. The lowest BCUT2D eigenvalue weighted by Gasteiger charge is -2.31. The molecule has 0 unspecified atom stereocenters. The first-order valence-corrected chi connectivity index (χ1v) is 14.8. The van der Waals surface area contributed by atoms with Gasteiger partial charge in [-0.25, -0.2) is 0 Å². The van der Waals surface area contributed by atoms with Gasteiger partial charge >= 0.3 is 0 Å². The number of carbonyl (C=O) groups is 2. The summed E-state index contributed by atoms with van der Waals surface area (Å²) in [5.74, 6) is 0.308. The Morgan fingerprint density at radius 3 is 1.55 bits per heavy atom. The molecule has 3 aromatic rings. The number of hydrogen-bond donors (Lipinski definition) is 0. The molecule has 40 heavy (non-hydrogen) atoms. The van der Waals surface area contributed by atoms with Crippen LogP contribution in [-0.4, -0.2) is 29.9 Å². The molecular weight excluding hydrogens is 494 g/mol. The Hall–Kier alpha value is -3.47. The smallest absolute Gasteiger partial charge is 0.226 e. The minimum absolute atomic E-state index is 0.0323. The lowest BCUT2D eigenvalue weighted by molar-refractivity contribution is -0.120. The van der Waals surface area contributed by atoms with Crippen LogP contribution >= 0.6 is 0 Å². The summed E-state index contributed by atoms with van der Waals surface area (Å²) in [5.41, 5.74) is 8.41. The molecule has 1 aromatic heterocycles. The van der Waals surface area contributed by atoms with Gasteiger partial charge in [0.2, 0.25) is 11.8 Å². The molecule has 210 valence electrons. The summed E-state index contributed by atoms with van der Waals surface area (Å²) in [6, 6.07) is 17.2. The zero-order chi connectivity index (χ0) is 28.7. The molecule has 0 aliphatic carbocycles. The summed E-state index contributed by atoms with van der Waals surface area (Å²) in [6.07, 6.45) is 6.93. The van der Waals surface area contributed by atoms with Gasteiger partial charge in [0.15, 0.2) is 0 Å². The van der Waals surface area contributed by atoms with Crippen molar-refractivity contribution in [2.45, 2.75) is 90.9 Å². The van der Waals surface area contributed by atoms with Crippen LogP contribution in [0.5, 0.6) is 0 Å². The molecule has 2 aliphatic rings. The minimum Gasteiger partial charge on any atom is -0.312 e. The number of aromatic nitrogens is 1. The van der Waals surface area contributed by atoms with Gasteiger partial charge in [0.1, 0.15) is 0 Å². The maximum absolute atomic E-state index is 12.8. The predicted molar refractivity (Wildman–Crippen MR) is 165 cm³/mol. The van der Waals surface area contributed by atoms with E-state index in [0.29, 0.717) is 25.9 Å². The van der Waals surface area contributed by atoms with Gasteiger partial charge in [-0.2, -0.15) is 0 Å². The number of hydrogen-bond acceptors (Lipinski definition) is 3. The molecule has 2 fully saturated rings. The van der Waals surface area contributed by atoms with Crippen molar-refractivity contribution >= 4 is 23.2 Å². The zero-order valence-electron chi connectivity index (χ0n) is 25.0. The first-order chi connectivity index (χ1) is 18.9. The molecule has 0 N–H and O–H groups in total. The van der Waals surface area contributed by atoms with E-state index in [1.807, 2.05) is 22.1 Å². The van der Waals surface area contributed by atoms with E-state index in [-0.39, 0.29) is 22.6 Å². The third-order valence-electron chi connectivity index (χ3n) is 8.23. The molecule has 0 bridgehead atoms. The second-order valence-corrected chi connectivity index (χ2v) is 13.5. The van der Waals surface area contributed by atoms with Crippen LogP contribution in [0.1, 0.15) is 91.2 Å². The summed E-state index contributed by atoms with van der Waals surface area (Å²) in [6.45, 7) is 14.9. The van der Waals surface area contributed by atoms with Crippen molar-refractivity contribution < 1.29 is 9.59 Å². The second kappa shape index (κ2) is 10.8. The summed E-state index contributed by atoms with van der Waals surface area (Å²) in [4.78, 5) is 34.4. The molecule has 0 spiro atoms. The van der Waals surface area contributed by atoms with Crippen molar-refractivity contribution in [3.8, 4) is 22.4 Å². The first kappa shape index (κ1) is 28.1. The van der Waals surface area contributed by atoms with E-state index < -0.39 is 0 Å². The number of rotatable bonds is 4. The van der Waals surface area contributed by atoms with Crippen molar-refractivity contribution in [1.29, 1.82) is 0 Å². The van der Waals surface area contributed by atoms with Crippen LogP contribution in [0.2, 0.25) is 0 Å². The summed E-state index contributed by atoms with van der Waals surface area (Å²) in [7, 11) is 0. The van der Waals surface area contributed by atoms with E-state index in [0.717, 1.165) is 59.4 Å². The van der Waals surface area contributed by atoms with E-state index in [4.69, 9.17) is 4.98 Å². The number of pyridine rings is 1. The number of amides is 2. The molecule has 2 saturated heterocycles. The number of benzene rings is 2. The summed E-state index contributed by atoms with van der Waals surface area (Å²) < 4.78 is 0. The Bertz CT molecular complexity index is 1330. The molecule has 5 heteroatoms. The van der Waals surface area contributed by atoms with Gasteiger partial charge in [-0.3, -0.25) is 14.6 Å². The molecule has 2 aromatic carbocycles. The number of anilines is 2. The summed E-state index contributed by atoms with van der Waals surface area (Å²) in [5, 5.41) is 0. The van der Waals surface area contributed by atoms with Crippen molar-refractivity contribution in [2.24, 2.45) is 0 Å². The van der Waals surface area contributed by atoms with Crippen molar-refractivity contribution in [3.05, 3.63) is 65.9 Å². The van der Waals surface area contributed by atoms with Gasteiger partial charge in [0, 0.05) is 54.6 Å². The molecular formula is C35H43N3O2. The lowest BCUT2D eigenvalue weighted by Crippen LogP contribution is -2.37. The molecule has 3 heterocycles. The first-order valence-electron chi connectivity index (χ1n) is 14.8. The van der Waals surface area contributed by atoms with E-state index in [2.05, 4.69) is 84.0 Å². The summed E-state index contributed by atoms with van der Waals surface area (Å²) >= 11 is 0. The predicted octanol–water partition coefficient (Wildman–Crippen LogP) is 8.04. The van der Waals surface area contributed by atoms with Crippen molar-refractivity contribution in [3.63, 3.8) is 0 Å². The largest absolute Gasteiger partial charge is 0.312 e. The van der Waals surface area contributed by atoms with Gasteiger partial charge in [0.05, 0.1) is 5.69 Å². The van der Waals surface area contributed by atoms with Crippen LogP contribution in [0, 0.1) is 0 Å². The normalized spacial score (nSPS) is 16.9. The lowest BCUT2D eigenvalue weighted by atomic mass is 9.79. The topological polar surface area (TPSA) is 53.5 Å². The average molecular weight is 538 g/mol. The van der Waals surface area contributed by atoms with Crippen LogP contribution < -0.4 is 9.80 Å². The molecule has 0 radical (unpaired) electrons. The van der Waals surface area contributed by atoms with Gasteiger partial charge in [-0.15, -0.1) is 0 Å². The highest BCUT2D eigenvalue weighted by molar-refractivity contribution is 5.98. The van der Waals surface area contributed by atoms with Crippen LogP contribution in [0.4, 0.5) is 11.4 Å². The Labute approximate surface area is 239 Å². The monoisotopic (exact) mass is 537 g/mol. The fraction of sp³-hybridized carbons (Fsp3) is 0.457. The van der Waals surface area contributed by atoms with Crippen LogP contribution in [0.15, 0.2) is 54.7 Å². The highest BCUT2D eigenvalue weighted by Crippen LogP contribution is 2.36. The van der Waals surface area contributed by atoms with Crippen molar-refractivity contribution in [2.75, 3.05) is 22.9 Å². The van der Waals surface area contributed by atoms with E-state index >= 15 is 0 Å². The maximum atomic E-state index is 12.8. The van der Waals surface area contributed by atoms with Crippen LogP contribution in [0.25, 0.3) is 22.4 Å². The van der Waals surface area contributed by atoms with Crippen LogP contribution in [0.3, 0.4) is 0 Å². The van der Waals surface area contributed by atoms with Gasteiger partial charge in [-0.05, 0) is 89.6 Å². The Kier molecular flexibility index (Phi) is 7.60. The van der Waals surface area contributed by atoms with Gasteiger partial charge in [-0.1, -0.05) is 53.7 Å². The second-order valence-electron chi connectivity index (χ2n) is 13.5. The zero-order valence-corrected chi connectivity index (χ0v) is 25.0. The fourth-order valence-corrected chi connectivity index (χ4v) is 5.61. The Morgan fingerprint density at radius 2 is 1.12 bits per heavy atom. The van der Waals surface area contributed by atoms with E-state index in [1.54, 1.807) is 0 Å². The average Bonchev–Trinajstić information content (AvgIpc) is 2.92. The van der Waals surface area contributed by atoms with Gasteiger partial charge < -0.3 is 9.80 Å². The number of piperidine rings is 2. The number of nitrogens with zero attached hydrogens (tertiary/aromatic N) is 3. The van der Waals surface area contributed by atoms with Crippen LogP contribution in [-0.2, 0) is 20.4 Å². The number of carbonyl (C=O) groups excluding carboxylic acids is 2. The highest BCUT2D eigenvalue weighted by atomic mass is 16.2. The standard InChI is InChI=1S/C35H43N3O2/c1-34(2,3)27-17-26(18-28(21-27)35(4,5)6)31-14-13-24(23-36-31)25-19-29(37-15-9-7-11-32(37)39)22-30(20-25)38-16-10-8-12-33(38)40/h13-14,17-23H,7-12,15-16H2,1-6H3. The molecule has 0 atom stereocenters. The third kappa shape index (κ3) is 5.99. The molecule has 5 nitrogen and oxygen atoms in total. The molecule has 2 aliphatic heterocycles. The fourth-order valence-electron chi connectivity index (χ4n) is 5.61. The minimum atomic E-state index is 0.0323. The quantitative estimate of drug-likeness (QED) is 0.338. The van der Waals surface area contributed by atoms with E-state index in [9.17, 15) is 9.59 Å². The van der Waals surface area contributed by atoms with E-state index in [1.165, 1.54) is 11.1 Å². The maximum Gasteiger partial charge on any atom is 0.226 e. The third-order valence-corrected chi connectivity index (χ3v) is 8.23. The molecule has 5 rings (SSSR count). The molecule has 0 saturated carbocycles. The SMILES string of the molecule is CC(C)(C)c1cc(-c2ccc(-c3cc(N4CCCCC4=O)cc(N4CCCCC4=O)c3)cn2)cc(C(C)(C)C)c1. The Balaban J connectivity index is 1.55. The van der Waals surface area contributed by atoms with Gasteiger partial charge in [0.25, 0.3) is 0 Å². The highest BCUT2D eigenvalue weighted by Gasteiger charge is 2.25.